The lowest BCUT2D eigenvalue weighted by atomic mass is 10.1. The molecule has 90 valence electrons. The van der Waals surface area contributed by atoms with Crippen molar-refractivity contribution in [1.29, 1.82) is 0 Å². The van der Waals surface area contributed by atoms with Crippen LogP contribution in [0.4, 0.5) is 0 Å². The van der Waals surface area contributed by atoms with E-state index in [1.807, 2.05) is 6.20 Å². The molecule has 4 heteroatoms. The molecule has 3 heterocycles. The number of pyridine rings is 1. The molecule has 1 N–H and O–H groups in total. The third kappa shape index (κ3) is 2.34. The van der Waals surface area contributed by atoms with Gasteiger partial charge in [0.05, 0.1) is 16.8 Å². The van der Waals surface area contributed by atoms with Crippen molar-refractivity contribution < 1.29 is 4.74 Å². The van der Waals surface area contributed by atoms with E-state index in [4.69, 9.17) is 4.74 Å². The van der Waals surface area contributed by atoms with Gasteiger partial charge >= 0.3 is 0 Å². The van der Waals surface area contributed by atoms with Crippen LogP contribution in [0.25, 0.3) is 10.2 Å². The summed E-state index contributed by atoms with van der Waals surface area (Å²) in [6.07, 6.45) is 3.08. The molecule has 0 aromatic carbocycles. The first-order chi connectivity index (χ1) is 8.33. The number of thiophene rings is 1. The molecule has 1 fully saturated rings. The van der Waals surface area contributed by atoms with Gasteiger partial charge in [0.1, 0.15) is 0 Å². The van der Waals surface area contributed by atoms with Crippen LogP contribution in [0.5, 0.6) is 0 Å². The topological polar surface area (TPSA) is 34.1 Å². The quantitative estimate of drug-likeness (QED) is 0.907. The Bertz CT molecular complexity index is 505. The summed E-state index contributed by atoms with van der Waals surface area (Å²) in [6, 6.07) is 5.12. The zero-order chi connectivity index (χ0) is 11.7. The highest BCUT2D eigenvalue weighted by Gasteiger charge is 2.18. The van der Waals surface area contributed by atoms with Gasteiger partial charge in [-0.15, -0.1) is 11.3 Å². The van der Waals surface area contributed by atoms with Crippen LogP contribution in [0.2, 0.25) is 0 Å². The summed E-state index contributed by atoms with van der Waals surface area (Å²) in [7, 11) is 0. The third-order valence-corrected chi connectivity index (χ3v) is 4.09. The van der Waals surface area contributed by atoms with Crippen LogP contribution < -0.4 is 5.32 Å². The Morgan fingerprint density at radius 3 is 3.35 bits per heavy atom. The van der Waals surface area contributed by atoms with Crippen LogP contribution in [-0.4, -0.2) is 24.2 Å². The van der Waals surface area contributed by atoms with Crippen LogP contribution in [0.3, 0.4) is 0 Å². The molecule has 0 saturated carbocycles. The van der Waals surface area contributed by atoms with Gasteiger partial charge in [-0.3, -0.25) is 4.98 Å². The van der Waals surface area contributed by atoms with Gasteiger partial charge in [0, 0.05) is 24.9 Å². The molecular formula is C13H16N2OS. The molecule has 2 aromatic heterocycles. The van der Waals surface area contributed by atoms with E-state index in [9.17, 15) is 0 Å². The van der Waals surface area contributed by atoms with Gasteiger partial charge in [0.2, 0.25) is 0 Å². The van der Waals surface area contributed by atoms with Crippen LogP contribution in [0.1, 0.15) is 24.9 Å². The molecule has 0 bridgehead atoms. The Hall–Kier alpha value is -0.970. The van der Waals surface area contributed by atoms with Crippen molar-refractivity contribution >= 4 is 21.6 Å². The Balaban J connectivity index is 1.77. The predicted octanol–water partition coefficient (Wildman–Crippen LogP) is 2.74. The van der Waals surface area contributed by atoms with Crippen molar-refractivity contribution in [3.05, 3.63) is 29.3 Å². The maximum Gasteiger partial charge on any atom is 0.0809 e. The molecule has 1 aliphatic rings. The van der Waals surface area contributed by atoms with Crippen molar-refractivity contribution in [2.45, 2.75) is 25.4 Å². The minimum atomic E-state index is 0.334. The summed E-state index contributed by atoms with van der Waals surface area (Å²) < 4.78 is 6.64. The van der Waals surface area contributed by atoms with E-state index < -0.39 is 0 Å². The molecule has 0 radical (unpaired) electrons. The maximum absolute atomic E-state index is 5.38. The van der Waals surface area contributed by atoms with Gasteiger partial charge in [-0.1, -0.05) is 0 Å². The first-order valence-electron chi connectivity index (χ1n) is 6.00. The molecule has 3 rings (SSSR count). The summed E-state index contributed by atoms with van der Waals surface area (Å²) in [5, 5.41) is 5.68. The summed E-state index contributed by atoms with van der Waals surface area (Å²) in [6.45, 7) is 3.90. The Kier molecular flexibility index (Phi) is 3.09. The summed E-state index contributed by atoms with van der Waals surface area (Å²) in [5.41, 5.74) is 2.35. The van der Waals surface area contributed by atoms with Crippen molar-refractivity contribution in [2.24, 2.45) is 0 Å². The minimum Gasteiger partial charge on any atom is -0.380 e. The molecule has 3 nitrogen and oxygen atoms in total. The Labute approximate surface area is 105 Å². The maximum atomic E-state index is 5.38. The fraction of sp³-hybridized carbons (Fsp3) is 0.462. The van der Waals surface area contributed by atoms with Gasteiger partial charge < -0.3 is 10.1 Å². The minimum absolute atomic E-state index is 0.334. The third-order valence-electron chi connectivity index (χ3n) is 3.24. The lowest BCUT2D eigenvalue weighted by molar-refractivity contribution is 0.188. The average molecular weight is 248 g/mol. The summed E-state index contributed by atoms with van der Waals surface area (Å²) >= 11 is 1.75. The highest BCUT2D eigenvalue weighted by atomic mass is 32.1. The molecule has 2 aromatic rings. The van der Waals surface area contributed by atoms with Crippen LogP contribution in [0.15, 0.2) is 23.7 Å². The van der Waals surface area contributed by atoms with E-state index >= 15 is 0 Å². The van der Waals surface area contributed by atoms with E-state index in [1.165, 1.54) is 10.3 Å². The van der Waals surface area contributed by atoms with E-state index in [1.54, 1.807) is 11.3 Å². The van der Waals surface area contributed by atoms with Gasteiger partial charge in [0.15, 0.2) is 0 Å². The highest BCUT2D eigenvalue weighted by molar-refractivity contribution is 7.17. The zero-order valence-corrected chi connectivity index (χ0v) is 10.7. The van der Waals surface area contributed by atoms with Gasteiger partial charge in [-0.25, -0.2) is 0 Å². The van der Waals surface area contributed by atoms with Crippen LogP contribution in [0, 0.1) is 0 Å². The predicted molar refractivity (Wildman–Crippen MR) is 70.4 cm³/mol. The SMILES string of the molecule is CC(NC1CCOC1)c1cnc2ccsc2c1. The molecule has 1 aliphatic heterocycles. The van der Waals surface area contributed by atoms with Crippen LogP contribution in [-0.2, 0) is 4.74 Å². The second-order valence-electron chi connectivity index (χ2n) is 4.52. The lowest BCUT2D eigenvalue weighted by Gasteiger charge is -2.18. The largest absolute Gasteiger partial charge is 0.380 e. The molecule has 2 unspecified atom stereocenters. The monoisotopic (exact) mass is 248 g/mol. The number of rotatable bonds is 3. The van der Waals surface area contributed by atoms with E-state index in [-0.39, 0.29) is 0 Å². The first-order valence-corrected chi connectivity index (χ1v) is 6.88. The van der Waals surface area contributed by atoms with Gasteiger partial charge in [0.25, 0.3) is 0 Å². The summed E-state index contributed by atoms with van der Waals surface area (Å²) in [4.78, 5) is 4.48. The van der Waals surface area contributed by atoms with E-state index in [0.717, 1.165) is 25.2 Å². The molecule has 17 heavy (non-hydrogen) atoms. The number of hydrogen-bond donors (Lipinski definition) is 1. The number of fused-ring (bicyclic) bond motifs is 1. The molecule has 1 saturated heterocycles. The van der Waals surface area contributed by atoms with Crippen molar-refractivity contribution in [3.8, 4) is 0 Å². The molecule has 0 spiro atoms. The Morgan fingerprint density at radius 2 is 2.53 bits per heavy atom. The average Bonchev–Trinajstić information content (AvgIpc) is 2.97. The van der Waals surface area contributed by atoms with Crippen molar-refractivity contribution in [3.63, 3.8) is 0 Å². The fourth-order valence-electron chi connectivity index (χ4n) is 2.21. The van der Waals surface area contributed by atoms with Crippen molar-refractivity contribution in [2.75, 3.05) is 13.2 Å². The normalized spacial score (nSPS) is 22.1. The zero-order valence-electron chi connectivity index (χ0n) is 9.85. The number of nitrogens with one attached hydrogen (secondary N) is 1. The molecule has 0 amide bonds. The van der Waals surface area contributed by atoms with Gasteiger partial charge in [-0.2, -0.15) is 0 Å². The fourth-order valence-corrected chi connectivity index (χ4v) is 3.00. The highest BCUT2D eigenvalue weighted by Crippen LogP contribution is 2.23. The lowest BCUT2D eigenvalue weighted by Crippen LogP contribution is -2.31. The Morgan fingerprint density at radius 1 is 1.59 bits per heavy atom. The van der Waals surface area contributed by atoms with Crippen LogP contribution >= 0.6 is 11.3 Å². The molecule has 2 atom stereocenters. The molecule has 0 aliphatic carbocycles. The smallest absolute Gasteiger partial charge is 0.0809 e. The first kappa shape index (κ1) is 11.1. The second-order valence-corrected chi connectivity index (χ2v) is 5.47. The number of hydrogen-bond acceptors (Lipinski definition) is 4. The van der Waals surface area contributed by atoms with Gasteiger partial charge in [-0.05, 0) is 36.4 Å². The molecular weight excluding hydrogens is 232 g/mol. The number of ether oxygens (including phenoxy) is 1. The number of aromatic nitrogens is 1. The summed E-state index contributed by atoms with van der Waals surface area (Å²) in [5.74, 6) is 0. The van der Waals surface area contributed by atoms with E-state index in [0.29, 0.717) is 12.1 Å². The second kappa shape index (κ2) is 4.72. The van der Waals surface area contributed by atoms with E-state index in [2.05, 4.69) is 34.7 Å². The van der Waals surface area contributed by atoms with Crippen molar-refractivity contribution in [1.82, 2.24) is 10.3 Å². The standard InChI is InChI=1S/C13H16N2OS/c1-9(15-11-2-4-16-8-11)10-6-13-12(14-7-10)3-5-17-13/h3,5-7,9,11,15H,2,4,8H2,1H3. The number of nitrogens with zero attached hydrogens (tertiary/aromatic N) is 1.